The molecule has 0 radical (unpaired) electrons. The Kier molecular flexibility index (Phi) is 6.90. The molecule has 1 unspecified atom stereocenters. The Morgan fingerprint density at radius 3 is 2.65 bits per heavy atom. The number of benzene rings is 2. The molecule has 0 spiro atoms. The number of aromatic nitrogens is 1. The number of rotatable bonds is 9. The maximum atomic E-state index is 14.0. The topological polar surface area (TPSA) is 81.9 Å². The molecule has 1 atom stereocenters. The molecule has 4 aromatic rings. The van der Waals surface area contributed by atoms with Gasteiger partial charge in [0.05, 0.1) is 30.7 Å². The first-order valence-corrected chi connectivity index (χ1v) is 12.3. The molecule has 0 N–H and O–H groups in total. The van der Waals surface area contributed by atoms with Crippen molar-refractivity contribution >= 4 is 22.7 Å². The number of ether oxygens (including phenoxy) is 2. The second kappa shape index (κ2) is 10.4. The molecule has 2 aromatic heterocycles. The second-order valence-electron chi connectivity index (χ2n) is 8.90. The zero-order valence-electron chi connectivity index (χ0n) is 20.7. The Labute approximate surface area is 213 Å². The van der Waals surface area contributed by atoms with Gasteiger partial charge in [0.1, 0.15) is 17.2 Å². The molecule has 0 bridgehead atoms. The van der Waals surface area contributed by atoms with Gasteiger partial charge in [0.2, 0.25) is 5.76 Å². The van der Waals surface area contributed by atoms with Gasteiger partial charge in [-0.1, -0.05) is 38.3 Å². The number of carbonyl (C=O) groups is 1. The van der Waals surface area contributed by atoms with E-state index in [0.29, 0.717) is 29.5 Å². The van der Waals surface area contributed by atoms with Gasteiger partial charge in [-0.2, -0.15) is 0 Å². The van der Waals surface area contributed by atoms with E-state index < -0.39 is 23.2 Å². The molecule has 1 amide bonds. The van der Waals surface area contributed by atoms with Crippen molar-refractivity contribution < 1.29 is 23.1 Å². The van der Waals surface area contributed by atoms with Crippen LogP contribution in [0, 0.1) is 5.82 Å². The van der Waals surface area contributed by atoms with Gasteiger partial charge < -0.3 is 13.9 Å². The number of carbonyl (C=O) groups excluding carboxylic acids is 1. The molecule has 0 aliphatic carbocycles. The third-order valence-electron chi connectivity index (χ3n) is 6.49. The van der Waals surface area contributed by atoms with Crippen molar-refractivity contribution in [3.05, 3.63) is 93.7 Å². The van der Waals surface area contributed by atoms with Crippen LogP contribution in [-0.4, -0.2) is 24.6 Å². The first-order chi connectivity index (χ1) is 18.0. The quantitative estimate of drug-likeness (QED) is 0.259. The van der Waals surface area contributed by atoms with Crippen LogP contribution in [0.4, 0.5) is 10.2 Å². The van der Waals surface area contributed by atoms with Crippen molar-refractivity contribution in [3.8, 4) is 11.5 Å². The summed E-state index contributed by atoms with van der Waals surface area (Å²) in [5.41, 5.74) is 0.410. The van der Waals surface area contributed by atoms with E-state index in [1.807, 2.05) is 0 Å². The van der Waals surface area contributed by atoms with Crippen molar-refractivity contribution in [2.45, 2.75) is 38.6 Å². The lowest BCUT2D eigenvalue weighted by molar-refractivity contribution is 0.0970. The molecule has 5 rings (SSSR count). The van der Waals surface area contributed by atoms with Crippen molar-refractivity contribution in [1.82, 2.24) is 4.98 Å². The highest BCUT2D eigenvalue weighted by Gasteiger charge is 2.44. The monoisotopic (exact) mass is 502 g/mol. The summed E-state index contributed by atoms with van der Waals surface area (Å²) in [6.07, 6.45) is 5.88. The Balaban J connectivity index is 1.62. The molecule has 0 fully saturated rings. The third-order valence-corrected chi connectivity index (χ3v) is 6.49. The van der Waals surface area contributed by atoms with Crippen LogP contribution >= 0.6 is 0 Å². The zero-order chi connectivity index (χ0) is 25.9. The van der Waals surface area contributed by atoms with Crippen molar-refractivity contribution in [3.63, 3.8) is 0 Å². The van der Waals surface area contributed by atoms with Crippen LogP contribution in [0.5, 0.6) is 11.5 Å². The summed E-state index contributed by atoms with van der Waals surface area (Å²) >= 11 is 0. The third kappa shape index (κ3) is 4.55. The molecule has 2 aromatic carbocycles. The van der Waals surface area contributed by atoms with E-state index in [2.05, 4.69) is 11.9 Å². The van der Waals surface area contributed by atoms with Crippen molar-refractivity contribution in [2.24, 2.45) is 0 Å². The van der Waals surface area contributed by atoms with E-state index >= 15 is 0 Å². The minimum atomic E-state index is -0.853. The molecule has 190 valence electrons. The van der Waals surface area contributed by atoms with Gasteiger partial charge in [-0.05, 0) is 54.4 Å². The Morgan fingerprint density at radius 2 is 1.89 bits per heavy atom. The Morgan fingerprint density at radius 1 is 1.03 bits per heavy atom. The van der Waals surface area contributed by atoms with E-state index in [1.54, 1.807) is 42.6 Å². The number of fused-ring (bicyclic) bond motifs is 2. The highest BCUT2D eigenvalue weighted by molar-refractivity contribution is 6.10. The molecule has 0 saturated carbocycles. The zero-order valence-corrected chi connectivity index (χ0v) is 20.7. The van der Waals surface area contributed by atoms with Gasteiger partial charge in [0.15, 0.2) is 16.9 Å². The lowest BCUT2D eigenvalue weighted by Crippen LogP contribution is -2.30. The summed E-state index contributed by atoms with van der Waals surface area (Å²) in [6.45, 7) is 2.71. The fourth-order valence-electron chi connectivity index (χ4n) is 4.68. The molecule has 0 saturated heterocycles. The molecule has 8 heteroatoms. The number of hydrogen-bond acceptors (Lipinski definition) is 6. The largest absolute Gasteiger partial charge is 0.493 e. The fraction of sp³-hybridized carbons (Fsp3) is 0.276. The van der Waals surface area contributed by atoms with Crippen LogP contribution in [0.1, 0.15) is 60.3 Å². The predicted molar refractivity (Wildman–Crippen MR) is 138 cm³/mol. The van der Waals surface area contributed by atoms with E-state index in [4.69, 9.17) is 13.9 Å². The van der Waals surface area contributed by atoms with Crippen LogP contribution in [0.3, 0.4) is 0 Å². The summed E-state index contributed by atoms with van der Waals surface area (Å²) in [5, 5.41) is 0.0680. The minimum absolute atomic E-state index is 0.0680. The molecular weight excluding hydrogens is 475 g/mol. The van der Waals surface area contributed by atoms with E-state index in [1.165, 1.54) is 24.1 Å². The minimum Gasteiger partial charge on any atom is -0.493 e. The Hall–Kier alpha value is -4.20. The maximum absolute atomic E-state index is 14.0. The number of pyridine rings is 1. The number of unbranched alkanes of at least 4 members (excludes halogenated alkanes) is 3. The summed E-state index contributed by atoms with van der Waals surface area (Å²) < 4.78 is 31.5. The molecule has 1 aliphatic rings. The fourth-order valence-corrected chi connectivity index (χ4v) is 4.68. The number of halogens is 1. The van der Waals surface area contributed by atoms with Gasteiger partial charge in [-0.3, -0.25) is 14.5 Å². The predicted octanol–water partition coefficient (Wildman–Crippen LogP) is 6.04. The van der Waals surface area contributed by atoms with Crippen molar-refractivity contribution in [2.75, 3.05) is 18.6 Å². The van der Waals surface area contributed by atoms with Gasteiger partial charge in [-0.25, -0.2) is 9.37 Å². The highest BCUT2D eigenvalue weighted by Crippen LogP contribution is 2.42. The van der Waals surface area contributed by atoms with Gasteiger partial charge in [0, 0.05) is 6.20 Å². The standard InChI is InChI=1S/C29H27FN2O5/c1-3-4-5-8-15-36-22-12-10-18(16-23(22)35-2)26-25-27(33)20-17-19(30)11-13-21(20)37-28(25)29(34)32(26)24-9-6-7-14-31-24/h6-7,9-14,16-17,26H,3-5,8,15H2,1-2H3. The summed E-state index contributed by atoms with van der Waals surface area (Å²) in [5.74, 6) is 0.251. The van der Waals surface area contributed by atoms with E-state index in [9.17, 15) is 14.0 Å². The first-order valence-electron chi connectivity index (χ1n) is 12.3. The SMILES string of the molecule is CCCCCCOc1ccc(C2c3c(oc4ccc(F)cc4c3=O)C(=O)N2c2ccccn2)cc1OC. The van der Waals surface area contributed by atoms with Crippen molar-refractivity contribution in [1.29, 1.82) is 0 Å². The second-order valence-corrected chi connectivity index (χ2v) is 8.90. The van der Waals surface area contributed by atoms with Crippen LogP contribution in [0.15, 0.2) is 70.0 Å². The number of nitrogens with zero attached hydrogens (tertiary/aromatic N) is 2. The summed E-state index contributed by atoms with van der Waals surface area (Å²) in [7, 11) is 1.54. The van der Waals surface area contributed by atoms with Gasteiger partial charge in [0.25, 0.3) is 5.91 Å². The van der Waals surface area contributed by atoms with Crippen LogP contribution in [-0.2, 0) is 0 Å². The van der Waals surface area contributed by atoms with Gasteiger partial charge in [-0.15, -0.1) is 0 Å². The molecule has 7 nitrogen and oxygen atoms in total. The number of methoxy groups -OCH3 is 1. The van der Waals surface area contributed by atoms with E-state index in [-0.39, 0.29) is 22.3 Å². The van der Waals surface area contributed by atoms with Crippen LogP contribution in [0.25, 0.3) is 11.0 Å². The van der Waals surface area contributed by atoms with Crippen LogP contribution < -0.4 is 19.8 Å². The number of anilines is 1. The molecule has 3 heterocycles. The Bertz CT molecular complexity index is 1500. The van der Waals surface area contributed by atoms with Crippen LogP contribution in [0.2, 0.25) is 0 Å². The normalized spacial score (nSPS) is 14.7. The first kappa shape index (κ1) is 24.5. The molecule has 1 aliphatic heterocycles. The number of amides is 1. The smallest absolute Gasteiger partial charge is 0.296 e. The van der Waals surface area contributed by atoms with Gasteiger partial charge >= 0.3 is 0 Å². The molecular formula is C29H27FN2O5. The number of hydrogen-bond donors (Lipinski definition) is 0. The molecule has 37 heavy (non-hydrogen) atoms. The lowest BCUT2D eigenvalue weighted by atomic mass is 9.98. The average molecular weight is 503 g/mol. The maximum Gasteiger partial charge on any atom is 0.296 e. The van der Waals surface area contributed by atoms with E-state index in [0.717, 1.165) is 31.7 Å². The lowest BCUT2D eigenvalue weighted by Gasteiger charge is -2.25. The average Bonchev–Trinajstić information content (AvgIpc) is 3.22. The highest BCUT2D eigenvalue weighted by atomic mass is 19.1. The summed E-state index contributed by atoms with van der Waals surface area (Å²) in [4.78, 5) is 33.0. The summed E-state index contributed by atoms with van der Waals surface area (Å²) in [6, 6.07) is 13.3.